The van der Waals surface area contributed by atoms with Crippen molar-refractivity contribution in [1.82, 2.24) is 4.90 Å². The van der Waals surface area contributed by atoms with E-state index in [2.05, 4.69) is 0 Å². The molecule has 2 aromatic carbocycles. The number of alkyl halides is 3. The molecular formula is C22H23ClF3N3O3. The largest absolute Gasteiger partial charge is 0.465 e. The van der Waals surface area contributed by atoms with Crippen molar-refractivity contribution in [3.05, 3.63) is 58.1 Å². The fourth-order valence-corrected chi connectivity index (χ4v) is 4.08. The molecule has 172 valence electrons. The third kappa shape index (κ3) is 4.77. The minimum Gasteiger partial charge on any atom is -0.465 e. The number of rotatable bonds is 4. The fraction of sp³-hybridized carbons (Fsp3) is 0.364. The minimum atomic E-state index is -4.54. The van der Waals surface area contributed by atoms with Gasteiger partial charge < -0.3 is 20.3 Å². The van der Waals surface area contributed by atoms with Gasteiger partial charge in [0, 0.05) is 31.4 Å². The first-order valence-electron chi connectivity index (χ1n) is 9.97. The van der Waals surface area contributed by atoms with Crippen LogP contribution in [0.25, 0.3) is 0 Å². The summed E-state index contributed by atoms with van der Waals surface area (Å²) in [6.45, 7) is 2.98. The Labute approximate surface area is 188 Å². The Kier molecular flexibility index (Phi) is 6.88. The summed E-state index contributed by atoms with van der Waals surface area (Å²) in [5, 5.41) is -0.244. The van der Waals surface area contributed by atoms with E-state index in [0.29, 0.717) is 43.0 Å². The van der Waals surface area contributed by atoms with Crippen molar-refractivity contribution in [3.8, 4) is 0 Å². The molecular weight excluding hydrogens is 447 g/mol. The smallest absolute Gasteiger partial charge is 0.416 e. The number of halogens is 4. The molecule has 0 unspecified atom stereocenters. The number of piperazine rings is 1. The normalized spacial score (nSPS) is 16.8. The van der Waals surface area contributed by atoms with E-state index in [9.17, 15) is 22.8 Å². The molecule has 1 fully saturated rings. The maximum absolute atomic E-state index is 13.0. The molecule has 0 radical (unpaired) electrons. The van der Waals surface area contributed by atoms with E-state index in [1.165, 1.54) is 7.11 Å². The number of carbonyl (C=O) groups is 2. The molecule has 1 amide bonds. The van der Waals surface area contributed by atoms with Crippen molar-refractivity contribution in [2.75, 3.05) is 37.4 Å². The molecule has 1 aliphatic rings. The maximum atomic E-state index is 13.0. The zero-order valence-corrected chi connectivity index (χ0v) is 18.3. The monoisotopic (exact) mass is 469 g/mol. The van der Waals surface area contributed by atoms with Gasteiger partial charge >= 0.3 is 12.1 Å². The van der Waals surface area contributed by atoms with Crippen LogP contribution in [-0.4, -0.2) is 49.6 Å². The number of methoxy groups -OCH3 is 1. The number of nitrogens with two attached hydrogens (primary N) is 1. The van der Waals surface area contributed by atoms with E-state index >= 15 is 0 Å². The Morgan fingerprint density at radius 1 is 1.16 bits per heavy atom. The van der Waals surface area contributed by atoms with E-state index in [-0.39, 0.29) is 16.6 Å². The average molecular weight is 470 g/mol. The number of nitrogen functional groups attached to an aromatic ring is 1. The lowest BCUT2D eigenvalue weighted by molar-refractivity contribution is -0.137. The topological polar surface area (TPSA) is 75.9 Å². The number of ether oxygens (including phenoxy) is 1. The number of esters is 1. The Hall–Kier alpha value is -2.94. The molecule has 2 N–H and O–H groups in total. The van der Waals surface area contributed by atoms with Gasteiger partial charge in [-0.15, -0.1) is 0 Å². The Bertz CT molecular complexity index is 1030. The van der Waals surface area contributed by atoms with Gasteiger partial charge in [-0.1, -0.05) is 18.5 Å². The zero-order valence-electron chi connectivity index (χ0n) is 17.6. The SMILES string of the molecule is CC[C@@H]1CN(C(=O)c2ccc(C(F)(F)F)cc2Cl)CCN1c1ccc(N)cc1C(=O)OC. The van der Waals surface area contributed by atoms with Crippen LogP contribution in [0, 0.1) is 0 Å². The van der Waals surface area contributed by atoms with E-state index in [4.69, 9.17) is 22.1 Å². The van der Waals surface area contributed by atoms with Gasteiger partial charge in [-0.3, -0.25) is 4.79 Å². The summed E-state index contributed by atoms with van der Waals surface area (Å²) in [7, 11) is 1.29. The van der Waals surface area contributed by atoms with Gasteiger partial charge in [0.15, 0.2) is 0 Å². The van der Waals surface area contributed by atoms with Gasteiger partial charge in [-0.25, -0.2) is 4.79 Å². The molecule has 0 spiro atoms. The second-order valence-electron chi connectivity index (χ2n) is 7.47. The summed E-state index contributed by atoms with van der Waals surface area (Å²) in [5.74, 6) is -0.954. The maximum Gasteiger partial charge on any atom is 0.416 e. The summed E-state index contributed by atoms with van der Waals surface area (Å²) in [5.41, 5.74) is 6.35. The number of benzene rings is 2. The fourth-order valence-electron chi connectivity index (χ4n) is 3.82. The third-order valence-corrected chi connectivity index (χ3v) is 5.82. The number of amides is 1. The highest BCUT2D eigenvalue weighted by atomic mass is 35.5. The highest BCUT2D eigenvalue weighted by Crippen LogP contribution is 2.33. The van der Waals surface area contributed by atoms with Crippen molar-refractivity contribution >= 4 is 34.9 Å². The van der Waals surface area contributed by atoms with Gasteiger partial charge in [0.1, 0.15) is 0 Å². The van der Waals surface area contributed by atoms with Gasteiger partial charge in [0.2, 0.25) is 0 Å². The Morgan fingerprint density at radius 3 is 2.47 bits per heavy atom. The third-order valence-electron chi connectivity index (χ3n) is 5.50. The summed E-state index contributed by atoms with van der Waals surface area (Å²) in [6.07, 6.45) is -3.88. The van der Waals surface area contributed by atoms with Gasteiger partial charge in [-0.2, -0.15) is 13.2 Å². The summed E-state index contributed by atoms with van der Waals surface area (Å²) in [6, 6.07) is 7.57. The molecule has 6 nitrogen and oxygen atoms in total. The van der Waals surface area contributed by atoms with Crippen LogP contribution < -0.4 is 10.6 Å². The first-order valence-corrected chi connectivity index (χ1v) is 10.3. The lowest BCUT2D eigenvalue weighted by Gasteiger charge is -2.43. The molecule has 10 heteroatoms. The molecule has 0 aromatic heterocycles. The van der Waals surface area contributed by atoms with Crippen LogP contribution in [0.1, 0.15) is 39.6 Å². The van der Waals surface area contributed by atoms with Crippen molar-refractivity contribution in [2.24, 2.45) is 0 Å². The number of hydrogen-bond donors (Lipinski definition) is 1. The predicted molar refractivity (Wildman–Crippen MR) is 116 cm³/mol. The van der Waals surface area contributed by atoms with Crippen molar-refractivity contribution in [2.45, 2.75) is 25.6 Å². The van der Waals surface area contributed by atoms with E-state index in [1.807, 2.05) is 11.8 Å². The lowest BCUT2D eigenvalue weighted by atomic mass is 10.0. The van der Waals surface area contributed by atoms with Crippen molar-refractivity contribution < 1.29 is 27.5 Å². The molecule has 1 saturated heterocycles. The highest BCUT2D eigenvalue weighted by Gasteiger charge is 2.34. The average Bonchev–Trinajstić information content (AvgIpc) is 2.77. The Morgan fingerprint density at radius 2 is 1.88 bits per heavy atom. The summed E-state index contributed by atoms with van der Waals surface area (Å²) < 4.78 is 43.6. The van der Waals surface area contributed by atoms with E-state index in [1.54, 1.807) is 23.1 Å². The van der Waals surface area contributed by atoms with Gasteiger partial charge in [-0.05, 0) is 42.8 Å². The Balaban J connectivity index is 1.84. The standard InChI is InChI=1S/C22H23ClF3N3O3/c1-3-15-12-28(20(30)16-6-4-13(10-18(16)23)22(24,25)26)8-9-29(15)19-7-5-14(27)11-17(19)21(31)32-2/h4-7,10-11,15H,3,8-9,12,27H2,1-2H3/t15-/m1/s1. The molecule has 2 aromatic rings. The number of hydrogen-bond acceptors (Lipinski definition) is 5. The number of nitrogens with zero attached hydrogens (tertiary/aromatic N) is 2. The van der Waals surface area contributed by atoms with Crippen LogP contribution in [0.2, 0.25) is 5.02 Å². The van der Waals surface area contributed by atoms with Crippen LogP contribution in [0.5, 0.6) is 0 Å². The lowest BCUT2D eigenvalue weighted by Crippen LogP contribution is -2.55. The van der Waals surface area contributed by atoms with Gasteiger partial charge in [0.05, 0.1) is 34.5 Å². The molecule has 3 rings (SSSR count). The van der Waals surface area contributed by atoms with E-state index in [0.717, 1.165) is 18.2 Å². The number of anilines is 2. The van der Waals surface area contributed by atoms with Crippen LogP contribution in [0.4, 0.5) is 24.5 Å². The minimum absolute atomic E-state index is 0.0192. The molecule has 32 heavy (non-hydrogen) atoms. The molecule has 1 atom stereocenters. The highest BCUT2D eigenvalue weighted by molar-refractivity contribution is 6.33. The van der Waals surface area contributed by atoms with Crippen LogP contribution in [0.15, 0.2) is 36.4 Å². The number of carbonyl (C=O) groups excluding carboxylic acids is 2. The molecule has 0 bridgehead atoms. The van der Waals surface area contributed by atoms with Crippen LogP contribution in [0.3, 0.4) is 0 Å². The van der Waals surface area contributed by atoms with Crippen molar-refractivity contribution in [3.63, 3.8) is 0 Å². The molecule has 1 aliphatic heterocycles. The predicted octanol–water partition coefficient (Wildman–Crippen LogP) is 4.47. The van der Waals surface area contributed by atoms with Gasteiger partial charge in [0.25, 0.3) is 5.91 Å². The quantitative estimate of drug-likeness (QED) is 0.528. The molecule has 0 saturated carbocycles. The first-order chi connectivity index (χ1) is 15.1. The van der Waals surface area contributed by atoms with Crippen LogP contribution >= 0.6 is 11.6 Å². The van der Waals surface area contributed by atoms with Crippen LogP contribution in [-0.2, 0) is 10.9 Å². The summed E-state index contributed by atoms with van der Waals surface area (Å²) >= 11 is 6.01. The second-order valence-corrected chi connectivity index (χ2v) is 7.87. The first kappa shape index (κ1) is 23.7. The second kappa shape index (κ2) is 9.28. The van der Waals surface area contributed by atoms with Crippen molar-refractivity contribution in [1.29, 1.82) is 0 Å². The summed E-state index contributed by atoms with van der Waals surface area (Å²) in [4.78, 5) is 28.8. The van der Waals surface area contributed by atoms with E-state index < -0.39 is 23.6 Å². The molecule has 0 aliphatic carbocycles. The zero-order chi connectivity index (χ0) is 23.6. The molecule has 1 heterocycles.